The van der Waals surface area contributed by atoms with Gasteiger partial charge < -0.3 is 14.8 Å². The van der Waals surface area contributed by atoms with E-state index in [-0.39, 0.29) is 23.9 Å². The molecule has 1 aromatic heterocycles. The number of nitrogens with one attached hydrogen (secondary N) is 1. The minimum absolute atomic E-state index is 0.0197. The van der Waals surface area contributed by atoms with Crippen LogP contribution in [0.15, 0.2) is 54.6 Å². The van der Waals surface area contributed by atoms with E-state index in [1.807, 2.05) is 58.3 Å². The van der Waals surface area contributed by atoms with E-state index in [0.29, 0.717) is 25.3 Å². The summed E-state index contributed by atoms with van der Waals surface area (Å²) in [6, 6.07) is 18.1. The molecule has 5 rings (SSSR count). The number of anilines is 1. The first-order chi connectivity index (χ1) is 15.0. The van der Waals surface area contributed by atoms with Crippen LogP contribution in [0.2, 0.25) is 0 Å². The van der Waals surface area contributed by atoms with Gasteiger partial charge in [-0.3, -0.25) is 14.5 Å². The molecule has 6 heteroatoms. The number of carbonyl (C=O) groups is 2. The molecule has 0 radical (unpaired) electrons. The molecule has 160 valence electrons. The van der Waals surface area contributed by atoms with Gasteiger partial charge in [-0.15, -0.1) is 0 Å². The van der Waals surface area contributed by atoms with Gasteiger partial charge in [0.05, 0.1) is 6.54 Å². The quantitative estimate of drug-likeness (QED) is 0.713. The lowest BCUT2D eigenvalue weighted by molar-refractivity contribution is -0.121. The Balaban J connectivity index is 1.26. The molecular formula is C25H28N4O2. The third kappa shape index (κ3) is 3.51. The average Bonchev–Trinajstić information content (AvgIpc) is 3.41. The third-order valence-corrected chi connectivity index (χ3v) is 6.94. The second kappa shape index (κ2) is 7.85. The molecule has 2 atom stereocenters. The summed E-state index contributed by atoms with van der Waals surface area (Å²) in [6.45, 7) is 6.63. The van der Waals surface area contributed by atoms with Crippen LogP contribution in [0.25, 0.3) is 10.9 Å². The third-order valence-electron chi connectivity index (χ3n) is 6.94. The maximum atomic E-state index is 13.2. The number of carbonyl (C=O) groups excluding carboxylic acids is 2. The fraction of sp³-hybridized carbons (Fsp3) is 0.360. The van der Waals surface area contributed by atoms with E-state index in [4.69, 9.17) is 0 Å². The normalized spacial score (nSPS) is 21.5. The number of piperazine rings is 1. The van der Waals surface area contributed by atoms with E-state index in [0.717, 1.165) is 29.6 Å². The lowest BCUT2D eigenvalue weighted by atomic mass is 10.0. The van der Waals surface area contributed by atoms with Crippen molar-refractivity contribution in [3.63, 3.8) is 0 Å². The number of hydrogen-bond donors (Lipinski definition) is 1. The number of fused-ring (bicyclic) bond motifs is 2. The van der Waals surface area contributed by atoms with Crippen LogP contribution in [-0.4, -0.2) is 64.9 Å². The van der Waals surface area contributed by atoms with E-state index in [9.17, 15) is 9.59 Å². The van der Waals surface area contributed by atoms with Crippen LogP contribution < -0.4 is 4.90 Å². The highest BCUT2D eigenvalue weighted by Gasteiger charge is 2.36. The maximum absolute atomic E-state index is 13.2. The van der Waals surface area contributed by atoms with E-state index >= 15 is 0 Å². The van der Waals surface area contributed by atoms with E-state index < -0.39 is 0 Å². The van der Waals surface area contributed by atoms with E-state index in [1.165, 1.54) is 5.56 Å². The monoisotopic (exact) mass is 416 g/mol. The molecule has 0 unspecified atom stereocenters. The standard InChI is InChI=1S/C25H28N4O2/c1-17-18(2)28(25(31)22-15-20-8-3-5-9-21(20)26-22)14-13-27(17)16-24(30)29-12-11-19-7-4-6-10-23(19)29/h3-10,15,17-18,26H,11-14,16H2,1-2H3/t17-,18+/m0/s1. The molecule has 0 spiro atoms. The van der Waals surface area contributed by atoms with Crippen LogP contribution in [0.5, 0.6) is 0 Å². The molecule has 2 amide bonds. The highest BCUT2D eigenvalue weighted by atomic mass is 16.2. The van der Waals surface area contributed by atoms with Crippen LogP contribution in [0.1, 0.15) is 29.9 Å². The molecule has 1 N–H and O–H groups in total. The van der Waals surface area contributed by atoms with Crippen molar-refractivity contribution < 1.29 is 9.59 Å². The lowest BCUT2D eigenvalue weighted by Gasteiger charge is -2.44. The lowest BCUT2D eigenvalue weighted by Crippen LogP contribution is -2.60. The zero-order valence-corrected chi connectivity index (χ0v) is 18.0. The van der Waals surface area contributed by atoms with E-state index in [1.54, 1.807) is 0 Å². The van der Waals surface area contributed by atoms with Crippen molar-refractivity contribution in [2.75, 3.05) is 31.1 Å². The summed E-state index contributed by atoms with van der Waals surface area (Å²) in [7, 11) is 0. The Kier molecular flexibility index (Phi) is 5.02. The van der Waals surface area contributed by atoms with Gasteiger partial charge in [0.15, 0.2) is 0 Å². The first-order valence-corrected chi connectivity index (χ1v) is 11.0. The van der Waals surface area contributed by atoms with Crippen molar-refractivity contribution in [1.82, 2.24) is 14.8 Å². The summed E-state index contributed by atoms with van der Waals surface area (Å²) in [5, 5.41) is 1.04. The summed E-state index contributed by atoms with van der Waals surface area (Å²) < 4.78 is 0. The van der Waals surface area contributed by atoms with Crippen LogP contribution in [0, 0.1) is 0 Å². The molecule has 2 aromatic carbocycles. The summed E-state index contributed by atoms with van der Waals surface area (Å²) in [5.41, 5.74) is 3.88. The fourth-order valence-corrected chi connectivity index (χ4v) is 4.92. The Morgan fingerprint density at radius 3 is 2.58 bits per heavy atom. The number of para-hydroxylation sites is 2. The maximum Gasteiger partial charge on any atom is 0.270 e. The van der Waals surface area contributed by atoms with Crippen molar-refractivity contribution in [3.8, 4) is 0 Å². The number of hydrogen-bond acceptors (Lipinski definition) is 3. The van der Waals surface area contributed by atoms with Crippen LogP contribution in [0.4, 0.5) is 5.69 Å². The molecule has 6 nitrogen and oxygen atoms in total. The SMILES string of the molecule is C[C@@H]1[C@H](C)N(CC(=O)N2CCc3ccccc32)CCN1C(=O)c1cc2ccccc2[nH]1. The number of nitrogens with zero attached hydrogens (tertiary/aromatic N) is 3. The summed E-state index contributed by atoms with van der Waals surface area (Å²) in [6.07, 6.45) is 0.917. The molecule has 3 heterocycles. The number of amides is 2. The summed E-state index contributed by atoms with van der Waals surface area (Å²) in [4.78, 5) is 35.6. The number of aromatic nitrogens is 1. The zero-order valence-electron chi connectivity index (χ0n) is 18.0. The Morgan fingerprint density at radius 2 is 1.74 bits per heavy atom. The minimum atomic E-state index is 0.0197. The highest BCUT2D eigenvalue weighted by molar-refractivity contribution is 5.98. The molecule has 0 bridgehead atoms. The minimum Gasteiger partial charge on any atom is -0.351 e. The molecular weight excluding hydrogens is 388 g/mol. The molecule has 0 saturated carbocycles. The van der Waals surface area contributed by atoms with Crippen molar-refractivity contribution in [1.29, 1.82) is 0 Å². The predicted molar refractivity (Wildman–Crippen MR) is 122 cm³/mol. The molecule has 0 aliphatic carbocycles. The van der Waals surface area contributed by atoms with Crippen molar-refractivity contribution in [3.05, 3.63) is 65.9 Å². The van der Waals surface area contributed by atoms with Crippen LogP contribution in [-0.2, 0) is 11.2 Å². The summed E-state index contributed by atoms with van der Waals surface area (Å²) >= 11 is 0. The number of H-pyrrole nitrogens is 1. The fourth-order valence-electron chi connectivity index (χ4n) is 4.92. The van der Waals surface area contributed by atoms with Gasteiger partial charge in [0.1, 0.15) is 5.69 Å². The van der Waals surface area contributed by atoms with Gasteiger partial charge in [-0.05, 0) is 44.0 Å². The first kappa shape index (κ1) is 19.8. The Morgan fingerprint density at radius 1 is 0.968 bits per heavy atom. The van der Waals surface area contributed by atoms with Gasteiger partial charge in [0.25, 0.3) is 5.91 Å². The van der Waals surface area contributed by atoms with Gasteiger partial charge in [0.2, 0.25) is 5.91 Å². The van der Waals surface area contributed by atoms with Crippen molar-refractivity contribution in [2.45, 2.75) is 32.4 Å². The molecule has 1 saturated heterocycles. The topological polar surface area (TPSA) is 59.7 Å². The average molecular weight is 417 g/mol. The number of aromatic amines is 1. The second-order valence-corrected chi connectivity index (χ2v) is 8.64. The number of rotatable bonds is 3. The van der Waals surface area contributed by atoms with Gasteiger partial charge >= 0.3 is 0 Å². The van der Waals surface area contributed by atoms with Gasteiger partial charge in [-0.25, -0.2) is 0 Å². The molecule has 2 aliphatic rings. The molecule has 2 aliphatic heterocycles. The Hall–Kier alpha value is -3.12. The summed E-state index contributed by atoms with van der Waals surface area (Å²) in [5.74, 6) is 0.161. The smallest absolute Gasteiger partial charge is 0.270 e. The van der Waals surface area contributed by atoms with Gasteiger partial charge in [-0.1, -0.05) is 36.4 Å². The second-order valence-electron chi connectivity index (χ2n) is 8.64. The Labute approximate surface area is 182 Å². The zero-order chi connectivity index (χ0) is 21.5. The van der Waals surface area contributed by atoms with Crippen LogP contribution >= 0.6 is 0 Å². The van der Waals surface area contributed by atoms with Gasteiger partial charge in [0, 0.05) is 48.3 Å². The van der Waals surface area contributed by atoms with Crippen LogP contribution in [0.3, 0.4) is 0 Å². The predicted octanol–water partition coefficient (Wildman–Crippen LogP) is 3.29. The Bertz CT molecular complexity index is 1100. The number of benzene rings is 2. The van der Waals surface area contributed by atoms with Gasteiger partial charge in [-0.2, -0.15) is 0 Å². The van der Waals surface area contributed by atoms with Crippen molar-refractivity contribution >= 4 is 28.4 Å². The molecule has 1 fully saturated rings. The first-order valence-electron chi connectivity index (χ1n) is 11.0. The van der Waals surface area contributed by atoms with Crippen molar-refractivity contribution in [2.24, 2.45) is 0 Å². The molecule has 3 aromatic rings. The molecule has 31 heavy (non-hydrogen) atoms. The van der Waals surface area contributed by atoms with E-state index in [2.05, 4.69) is 29.8 Å². The largest absolute Gasteiger partial charge is 0.351 e. The highest BCUT2D eigenvalue weighted by Crippen LogP contribution is 2.28.